The van der Waals surface area contributed by atoms with E-state index in [1.807, 2.05) is 31.2 Å². The zero-order valence-corrected chi connectivity index (χ0v) is 22.5. The third-order valence-corrected chi connectivity index (χ3v) is 6.18. The number of anilines is 1. The summed E-state index contributed by atoms with van der Waals surface area (Å²) in [6, 6.07) is 16.1. The molecule has 7 nitrogen and oxygen atoms in total. The molecule has 0 atom stereocenters. The van der Waals surface area contributed by atoms with Crippen LogP contribution in [0.5, 0.6) is 0 Å². The molecule has 0 fully saturated rings. The molecule has 32 heavy (non-hydrogen) atoms. The molecule has 2 aromatic carbocycles. The standard InChI is InChI=1S/C23H35N5O2S.HI/c1-5-25-23(26-13-14-28(6-2)22-12-7-9-19(3)15-22)27-17-20-10-8-11-21(16-20)18-31(29,30)24-4;/h7-12,15-16,24H,5-6,13-14,17-18H2,1-4H3,(H2,25,26,27);1H. The van der Waals surface area contributed by atoms with Crippen molar-refractivity contribution in [2.24, 2.45) is 4.99 Å². The van der Waals surface area contributed by atoms with E-state index >= 15 is 0 Å². The highest BCUT2D eigenvalue weighted by molar-refractivity contribution is 14.0. The van der Waals surface area contributed by atoms with E-state index in [1.165, 1.54) is 18.3 Å². The first kappa shape index (κ1) is 28.2. The van der Waals surface area contributed by atoms with Crippen molar-refractivity contribution in [3.63, 3.8) is 0 Å². The first-order valence-corrected chi connectivity index (χ1v) is 12.3. The Balaban J connectivity index is 0.00000512. The van der Waals surface area contributed by atoms with Crippen molar-refractivity contribution in [2.45, 2.75) is 33.1 Å². The fraction of sp³-hybridized carbons (Fsp3) is 0.435. The summed E-state index contributed by atoms with van der Waals surface area (Å²) in [4.78, 5) is 6.99. The van der Waals surface area contributed by atoms with Crippen LogP contribution in [0.15, 0.2) is 53.5 Å². The van der Waals surface area contributed by atoms with Crippen molar-refractivity contribution in [3.8, 4) is 0 Å². The van der Waals surface area contributed by atoms with Crippen LogP contribution < -0.4 is 20.3 Å². The normalized spacial score (nSPS) is 11.6. The summed E-state index contributed by atoms with van der Waals surface area (Å²) in [6.07, 6.45) is 0. The molecule has 0 spiro atoms. The highest BCUT2D eigenvalue weighted by Gasteiger charge is 2.09. The van der Waals surface area contributed by atoms with Crippen LogP contribution in [0, 0.1) is 6.92 Å². The maximum atomic E-state index is 11.8. The first-order chi connectivity index (χ1) is 14.9. The number of nitrogens with one attached hydrogen (secondary N) is 3. The molecule has 2 rings (SSSR count). The van der Waals surface area contributed by atoms with Gasteiger partial charge in [-0.1, -0.05) is 36.4 Å². The van der Waals surface area contributed by atoms with Gasteiger partial charge in [0.2, 0.25) is 10.0 Å². The number of likely N-dealkylation sites (N-methyl/N-ethyl adjacent to an activating group) is 1. The molecule has 0 bridgehead atoms. The van der Waals surface area contributed by atoms with Crippen molar-refractivity contribution in [1.82, 2.24) is 15.4 Å². The largest absolute Gasteiger partial charge is 0.370 e. The molecule has 0 aliphatic carbocycles. The Morgan fingerprint density at radius 1 is 1.03 bits per heavy atom. The lowest BCUT2D eigenvalue weighted by atomic mass is 10.1. The molecule has 0 radical (unpaired) electrons. The average Bonchev–Trinajstić information content (AvgIpc) is 2.75. The molecule has 0 aliphatic heterocycles. The van der Waals surface area contributed by atoms with E-state index < -0.39 is 10.0 Å². The molecular formula is C23H36IN5O2S. The molecule has 3 N–H and O–H groups in total. The topological polar surface area (TPSA) is 85.8 Å². The van der Waals surface area contributed by atoms with Crippen LogP contribution in [-0.4, -0.2) is 47.6 Å². The van der Waals surface area contributed by atoms with E-state index in [0.29, 0.717) is 6.54 Å². The second kappa shape index (κ2) is 14.3. The molecule has 0 aromatic heterocycles. The van der Waals surface area contributed by atoms with Crippen LogP contribution >= 0.6 is 24.0 Å². The monoisotopic (exact) mass is 573 g/mol. The highest BCUT2D eigenvalue weighted by atomic mass is 127. The smallest absolute Gasteiger partial charge is 0.215 e. The molecule has 0 unspecified atom stereocenters. The Hall–Kier alpha value is -1.85. The van der Waals surface area contributed by atoms with Crippen molar-refractivity contribution < 1.29 is 8.42 Å². The number of hydrogen-bond acceptors (Lipinski definition) is 4. The van der Waals surface area contributed by atoms with Crippen molar-refractivity contribution >= 4 is 45.6 Å². The van der Waals surface area contributed by atoms with Gasteiger partial charge in [0, 0.05) is 31.9 Å². The molecule has 0 amide bonds. The van der Waals surface area contributed by atoms with Crippen LogP contribution in [0.2, 0.25) is 0 Å². The number of nitrogens with zero attached hydrogens (tertiary/aromatic N) is 2. The Labute approximate surface area is 210 Å². The summed E-state index contributed by atoms with van der Waals surface area (Å²) in [7, 11) is -1.87. The Morgan fingerprint density at radius 3 is 2.41 bits per heavy atom. The molecule has 0 saturated heterocycles. The predicted octanol–water partition coefficient (Wildman–Crippen LogP) is 3.24. The fourth-order valence-corrected chi connectivity index (χ4v) is 3.99. The summed E-state index contributed by atoms with van der Waals surface area (Å²) < 4.78 is 25.9. The lowest BCUT2D eigenvalue weighted by Gasteiger charge is -2.24. The van der Waals surface area contributed by atoms with Gasteiger partial charge in [0.25, 0.3) is 0 Å². The van der Waals surface area contributed by atoms with Gasteiger partial charge in [-0.15, -0.1) is 24.0 Å². The first-order valence-electron chi connectivity index (χ1n) is 10.7. The van der Waals surface area contributed by atoms with Gasteiger partial charge >= 0.3 is 0 Å². The number of sulfonamides is 1. The van der Waals surface area contributed by atoms with Crippen LogP contribution in [0.1, 0.15) is 30.5 Å². The summed E-state index contributed by atoms with van der Waals surface area (Å²) in [5.41, 5.74) is 4.19. The van der Waals surface area contributed by atoms with E-state index in [1.54, 1.807) is 0 Å². The van der Waals surface area contributed by atoms with Gasteiger partial charge in [-0.2, -0.15) is 0 Å². The minimum absolute atomic E-state index is 0. The third kappa shape index (κ3) is 9.74. The van der Waals surface area contributed by atoms with Crippen LogP contribution in [0.3, 0.4) is 0 Å². The fourth-order valence-electron chi connectivity index (χ4n) is 3.23. The second-order valence-electron chi connectivity index (χ2n) is 7.32. The van der Waals surface area contributed by atoms with Crippen molar-refractivity contribution in [1.29, 1.82) is 0 Å². The number of guanidine groups is 1. The van der Waals surface area contributed by atoms with Gasteiger partial charge in [-0.3, -0.25) is 0 Å². The second-order valence-corrected chi connectivity index (χ2v) is 9.25. The lowest BCUT2D eigenvalue weighted by molar-refractivity contribution is 0.587. The van der Waals surface area contributed by atoms with E-state index in [-0.39, 0.29) is 29.7 Å². The SMILES string of the molecule is CCNC(=NCc1cccc(CS(=O)(=O)NC)c1)NCCN(CC)c1cccc(C)c1.I. The maximum Gasteiger partial charge on any atom is 0.215 e. The average molecular weight is 574 g/mol. The number of aliphatic imine (C=N–C) groups is 1. The molecule has 0 heterocycles. The summed E-state index contributed by atoms with van der Waals surface area (Å²) in [5, 5.41) is 6.66. The molecule has 2 aromatic rings. The molecule has 9 heteroatoms. The van der Waals surface area contributed by atoms with Crippen LogP contribution in [0.25, 0.3) is 0 Å². The summed E-state index contributed by atoms with van der Waals surface area (Å²) >= 11 is 0. The summed E-state index contributed by atoms with van der Waals surface area (Å²) in [5.74, 6) is 0.710. The van der Waals surface area contributed by atoms with Crippen molar-refractivity contribution in [3.05, 3.63) is 65.2 Å². The number of halogens is 1. The Kier molecular flexibility index (Phi) is 12.6. The van der Waals surface area contributed by atoms with Gasteiger partial charge in [0.15, 0.2) is 5.96 Å². The summed E-state index contributed by atoms with van der Waals surface area (Å²) in [6.45, 7) is 10.1. The minimum atomic E-state index is -3.29. The van der Waals surface area contributed by atoms with Gasteiger partial charge in [-0.05, 0) is 56.6 Å². The van der Waals surface area contributed by atoms with Crippen LogP contribution in [0.4, 0.5) is 5.69 Å². The van der Waals surface area contributed by atoms with E-state index in [0.717, 1.165) is 43.3 Å². The van der Waals surface area contributed by atoms with Gasteiger partial charge in [0.1, 0.15) is 0 Å². The van der Waals surface area contributed by atoms with Gasteiger partial charge in [0.05, 0.1) is 12.3 Å². The van der Waals surface area contributed by atoms with Crippen molar-refractivity contribution in [2.75, 3.05) is 38.1 Å². The quantitative estimate of drug-likeness (QED) is 0.219. The minimum Gasteiger partial charge on any atom is -0.370 e. The van der Waals surface area contributed by atoms with E-state index in [9.17, 15) is 8.42 Å². The zero-order valence-electron chi connectivity index (χ0n) is 19.4. The third-order valence-electron chi connectivity index (χ3n) is 4.85. The van der Waals surface area contributed by atoms with Crippen LogP contribution in [-0.2, 0) is 22.3 Å². The Morgan fingerprint density at radius 2 is 1.75 bits per heavy atom. The molecule has 0 aliphatic rings. The number of rotatable bonds is 11. The molecule has 178 valence electrons. The predicted molar refractivity (Wildman–Crippen MR) is 145 cm³/mol. The zero-order chi connectivity index (χ0) is 22.7. The molecule has 0 saturated carbocycles. The van der Waals surface area contributed by atoms with Gasteiger partial charge in [-0.25, -0.2) is 18.1 Å². The van der Waals surface area contributed by atoms with E-state index in [4.69, 9.17) is 0 Å². The van der Waals surface area contributed by atoms with Gasteiger partial charge < -0.3 is 15.5 Å². The lowest BCUT2D eigenvalue weighted by Crippen LogP contribution is -2.41. The highest BCUT2D eigenvalue weighted by Crippen LogP contribution is 2.15. The van der Waals surface area contributed by atoms with E-state index in [2.05, 4.69) is 63.4 Å². The number of aryl methyl sites for hydroxylation is 1. The Bertz CT molecular complexity index is 966. The maximum absolute atomic E-state index is 11.8. The number of benzene rings is 2. The molecular weight excluding hydrogens is 537 g/mol. The number of hydrogen-bond donors (Lipinski definition) is 3.